The second kappa shape index (κ2) is 13.3. The molecule has 0 bridgehead atoms. The van der Waals surface area contributed by atoms with E-state index in [1.165, 1.54) is 12.1 Å². The van der Waals surface area contributed by atoms with Crippen LogP contribution in [0.2, 0.25) is 0 Å². The Hall–Kier alpha value is -4.56. The molecule has 2 fully saturated rings. The number of pyridine rings is 1. The van der Waals surface area contributed by atoms with Crippen molar-refractivity contribution in [3.63, 3.8) is 0 Å². The summed E-state index contributed by atoms with van der Waals surface area (Å²) in [6, 6.07) is 7.34. The maximum Gasteiger partial charge on any atom is 0.323 e. The second-order valence-electron chi connectivity index (χ2n) is 12.8. The fraction of sp³-hybridized carbons (Fsp3) is 0.485. The number of benzene rings is 1. The van der Waals surface area contributed by atoms with E-state index in [-0.39, 0.29) is 34.8 Å². The maximum atomic E-state index is 15.7. The minimum absolute atomic E-state index is 0.0173. The highest BCUT2D eigenvalue weighted by atomic mass is 19.1. The van der Waals surface area contributed by atoms with Crippen LogP contribution in [0, 0.1) is 5.82 Å². The number of amides is 3. The Kier molecular flexibility index (Phi) is 9.15. The molecule has 3 aliphatic heterocycles. The lowest BCUT2D eigenvalue weighted by molar-refractivity contribution is 0.0541. The van der Waals surface area contributed by atoms with Gasteiger partial charge in [-0.25, -0.2) is 19.2 Å². The fourth-order valence-electron chi connectivity index (χ4n) is 6.03. The third-order valence-electron chi connectivity index (χ3n) is 8.64. The molecule has 3 aliphatic rings. The zero-order chi connectivity index (χ0) is 33.3. The van der Waals surface area contributed by atoms with Crippen molar-refractivity contribution in [2.75, 3.05) is 86.5 Å². The van der Waals surface area contributed by atoms with Crippen LogP contribution in [0.3, 0.4) is 0 Å². The van der Waals surface area contributed by atoms with Gasteiger partial charge < -0.3 is 39.7 Å². The molecule has 1 unspecified atom stereocenters. The molecule has 0 spiro atoms. The Morgan fingerprint density at radius 2 is 1.87 bits per heavy atom. The van der Waals surface area contributed by atoms with Crippen LogP contribution in [-0.4, -0.2) is 114 Å². The first-order valence-electron chi connectivity index (χ1n) is 16.0. The summed E-state index contributed by atoms with van der Waals surface area (Å²) in [6.07, 6.45) is 1.58. The molecule has 3 amide bonds. The number of rotatable bonds is 6. The van der Waals surface area contributed by atoms with Crippen molar-refractivity contribution in [3.8, 4) is 17.1 Å². The topological polar surface area (TPSA) is 128 Å². The first-order valence-corrected chi connectivity index (χ1v) is 16.0. The number of halogens is 1. The number of hydrogen-bond acceptors (Lipinski definition) is 10. The van der Waals surface area contributed by atoms with Gasteiger partial charge in [0.05, 0.1) is 49.1 Å². The van der Waals surface area contributed by atoms with Crippen LogP contribution in [0.15, 0.2) is 36.5 Å². The molecular weight excluding hydrogens is 605 g/mol. The summed E-state index contributed by atoms with van der Waals surface area (Å²) in [5, 5.41) is 5.29. The Morgan fingerprint density at radius 1 is 1.09 bits per heavy atom. The van der Waals surface area contributed by atoms with Gasteiger partial charge in [0.15, 0.2) is 0 Å². The number of nitrogens with one attached hydrogen (secondary N) is 2. The summed E-state index contributed by atoms with van der Waals surface area (Å²) in [5.41, 5.74) is 0.509. The van der Waals surface area contributed by atoms with E-state index >= 15 is 4.39 Å². The number of fused-ring (bicyclic) bond motifs is 1. The lowest BCUT2D eigenvalue weighted by atomic mass is 10.0. The second-order valence-corrected chi connectivity index (χ2v) is 12.8. The third-order valence-corrected chi connectivity index (χ3v) is 8.64. The number of morpholine rings is 1. The molecule has 0 aliphatic carbocycles. The van der Waals surface area contributed by atoms with Crippen molar-refractivity contribution in [1.82, 2.24) is 24.8 Å². The van der Waals surface area contributed by atoms with E-state index < -0.39 is 17.4 Å². The quantitative estimate of drug-likeness (QED) is 0.406. The number of hydrogen-bond donors (Lipinski definition) is 2. The highest BCUT2D eigenvalue weighted by Gasteiger charge is 2.38. The van der Waals surface area contributed by atoms with Crippen molar-refractivity contribution in [3.05, 3.63) is 47.9 Å². The van der Waals surface area contributed by atoms with Crippen LogP contribution in [0.5, 0.6) is 5.88 Å². The normalized spacial score (nSPS) is 19.9. The number of nitrogens with zero attached hydrogens (tertiary/aromatic N) is 7. The minimum atomic E-state index is -0.719. The van der Waals surface area contributed by atoms with Crippen molar-refractivity contribution in [2.45, 2.75) is 39.3 Å². The van der Waals surface area contributed by atoms with E-state index in [2.05, 4.69) is 32.5 Å². The van der Waals surface area contributed by atoms with Crippen LogP contribution in [0.4, 0.5) is 32.3 Å². The van der Waals surface area contributed by atoms with E-state index in [1.54, 1.807) is 23.2 Å². The Morgan fingerprint density at radius 3 is 2.55 bits per heavy atom. The van der Waals surface area contributed by atoms with Crippen LogP contribution in [0.25, 0.3) is 11.3 Å². The lowest BCUT2D eigenvalue weighted by Gasteiger charge is -2.34. The SMILES string of the molecule is CCN1CC(C)(C)Oc2nc(N3CCOCC3C)nc(-c3ccc(NC(=O)Nc4ccc(N5CCN(C)CC5)nc4)c(F)c3)c2C1=O. The van der Waals surface area contributed by atoms with E-state index in [0.717, 1.165) is 32.0 Å². The van der Waals surface area contributed by atoms with Crippen molar-refractivity contribution in [2.24, 2.45) is 0 Å². The lowest BCUT2D eigenvalue weighted by Crippen LogP contribution is -2.44. The predicted octanol–water partition coefficient (Wildman–Crippen LogP) is 3.93. The maximum absolute atomic E-state index is 15.7. The van der Waals surface area contributed by atoms with Gasteiger partial charge in [-0.2, -0.15) is 4.98 Å². The fourth-order valence-corrected chi connectivity index (χ4v) is 6.03. The molecule has 1 aromatic carbocycles. The number of piperazine rings is 1. The van der Waals surface area contributed by atoms with E-state index in [1.807, 2.05) is 38.7 Å². The molecule has 14 heteroatoms. The van der Waals surface area contributed by atoms with Crippen LogP contribution < -0.4 is 25.2 Å². The molecule has 250 valence electrons. The van der Waals surface area contributed by atoms with Crippen molar-refractivity contribution >= 4 is 35.1 Å². The summed E-state index contributed by atoms with van der Waals surface area (Å²) in [5.74, 6) is 0.388. The molecule has 0 radical (unpaired) electrons. The van der Waals surface area contributed by atoms with Gasteiger partial charge >= 0.3 is 6.03 Å². The number of carbonyl (C=O) groups excluding carboxylic acids is 2. The molecule has 1 atom stereocenters. The molecule has 3 aromatic rings. The molecule has 0 saturated carbocycles. The molecular formula is C33H42FN9O4. The minimum Gasteiger partial charge on any atom is -0.469 e. The van der Waals surface area contributed by atoms with E-state index in [0.29, 0.717) is 50.0 Å². The standard InChI is InChI=1S/C33H42FN9O4/c1-6-41-20-33(3,4)47-29-27(30(41)44)28(38-31(39-29)43-15-16-46-19-21(43)2)22-7-9-25(24(34)17-22)37-32(45)36-23-8-10-26(35-18-23)42-13-11-40(5)12-14-42/h7-10,17-18,21H,6,11-16,19-20H2,1-5H3,(H2,36,37,45). The van der Waals surface area contributed by atoms with Crippen LogP contribution >= 0.6 is 0 Å². The molecule has 47 heavy (non-hydrogen) atoms. The zero-order valence-electron chi connectivity index (χ0n) is 27.5. The first kappa shape index (κ1) is 32.4. The average molecular weight is 648 g/mol. The summed E-state index contributed by atoms with van der Waals surface area (Å²) >= 11 is 0. The van der Waals surface area contributed by atoms with Crippen molar-refractivity contribution in [1.29, 1.82) is 0 Å². The molecule has 13 nitrogen and oxygen atoms in total. The number of ether oxygens (including phenoxy) is 2. The highest BCUT2D eigenvalue weighted by molar-refractivity contribution is 6.03. The van der Waals surface area contributed by atoms with Gasteiger partial charge in [-0.1, -0.05) is 6.07 Å². The number of urea groups is 1. The van der Waals surface area contributed by atoms with Gasteiger partial charge in [0, 0.05) is 44.8 Å². The Balaban J connectivity index is 1.26. The van der Waals surface area contributed by atoms with Gasteiger partial charge in [-0.05, 0) is 59.0 Å². The van der Waals surface area contributed by atoms with Crippen molar-refractivity contribution < 1.29 is 23.5 Å². The molecule has 2 saturated heterocycles. The smallest absolute Gasteiger partial charge is 0.323 e. The Labute approximate surface area is 274 Å². The number of anilines is 4. The van der Waals surface area contributed by atoms with Gasteiger partial charge in [0.2, 0.25) is 11.8 Å². The summed E-state index contributed by atoms with van der Waals surface area (Å²) < 4.78 is 27.6. The monoisotopic (exact) mass is 647 g/mol. The average Bonchev–Trinajstić information content (AvgIpc) is 3.14. The number of carbonyl (C=O) groups is 2. The zero-order valence-corrected chi connectivity index (χ0v) is 27.5. The van der Waals surface area contributed by atoms with Gasteiger partial charge in [0.1, 0.15) is 22.8 Å². The van der Waals surface area contributed by atoms with Crippen LogP contribution in [0.1, 0.15) is 38.1 Å². The van der Waals surface area contributed by atoms with E-state index in [4.69, 9.17) is 19.4 Å². The van der Waals surface area contributed by atoms with Gasteiger partial charge in [0.25, 0.3) is 5.91 Å². The Bertz CT molecular complexity index is 1630. The van der Waals surface area contributed by atoms with Gasteiger partial charge in [-0.3, -0.25) is 4.79 Å². The van der Waals surface area contributed by atoms with Gasteiger partial charge in [-0.15, -0.1) is 0 Å². The highest BCUT2D eigenvalue weighted by Crippen LogP contribution is 2.37. The number of aromatic nitrogens is 3. The summed E-state index contributed by atoms with van der Waals surface area (Å²) in [6.45, 7) is 13.7. The predicted molar refractivity (Wildman–Crippen MR) is 178 cm³/mol. The van der Waals surface area contributed by atoms with Crippen LogP contribution in [-0.2, 0) is 4.74 Å². The largest absolute Gasteiger partial charge is 0.469 e. The molecule has 5 heterocycles. The number of likely N-dealkylation sites (N-methyl/N-ethyl adjacent to an activating group) is 2. The molecule has 6 rings (SSSR count). The first-order chi connectivity index (χ1) is 22.5. The third kappa shape index (κ3) is 7.08. The summed E-state index contributed by atoms with van der Waals surface area (Å²) in [4.78, 5) is 48.9. The molecule has 2 aromatic heterocycles. The molecule has 2 N–H and O–H groups in total. The van der Waals surface area contributed by atoms with E-state index in [9.17, 15) is 9.59 Å². The summed E-state index contributed by atoms with van der Waals surface area (Å²) in [7, 11) is 2.09.